The van der Waals surface area contributed by atoms with Crippen molar-refractivity contribution in [3.05, 3.63) is 23.3 Å². The van der Waals surface area contributed by atoms with Gasteiger partial charge in [0, 0.05) is 12.1 Å². The summed E-state index contributed by atoms with van der Waals surface area (Å²) in [5.41, 5.74) is 3.11. The normalized spacial score (nSPS) is 17.5. The molecular formula is C9H12N2O. The van der Waals surface area contributed by atoms with Crippen LogP contribution in [0.15, 0.2) is 6.20 Å². The number of nitrogens with zero attached hydrogens (tertiary/aromatic N) is 2. The first kappa shape index (κ1) is 7.68. The topological polar surface area (TPSA) is 35.0 Å². The predicted octanol–water partition coefficient (Wildman–Crippen LogP) is 1.21. The lowest BCUT2D eigenvalue weighted by molar-refractivity contribution is 0.00649. The van der Waals surface area contributed by atoms with E-state index in [1.54, 1.807) is 0 Å². The summed E-state index contributed by atoms with van der Waals surface area (Å²) in [7, 11) is 0. The maximum atomic E-state index is 5.09. The molecule has 0 N–H and O–H groups in total. The van der Waals surface area contributed by atoms with Gasteiger partial charge in [-0.3, -0.25) is 9.97 Å². The van der Waals surface area contributed by atoms with Crippen LogP contribution in [0.3, 0.4) is 0 Å². The van der Waals surface area contributed by atoms with E-state index in [0.29, 0.717) is 5.92 Å². The molecule has 3 heteroatoms. The zero-order valence-electron chi connectivity index (χ0n) is 7.37. The van der Waals surface area contributed by atoms with Crippen molar-refractivity contribution >= 4 is 0 Å². The van der Waals surface area contributed by atoms with Crippen LogP contribution in [0.25, 0.3) is 0 Å². The fourth-order valence-corrected chi connectivity index (χ4v) is 1.16. The summed E-state index contributed by atoms with van der Waals surface area (Å²) in [6.45, 7) is 5.57. The molecule has 2 rings (SSSR count). The molecule has 1 aromatic rings. The molecule has 0 amide bonds. The first-order chi connectivity index (χ1) is 5.77. The molecule has 0 radical (unpaired) electrons. The van der Waals surface area contributed by atoms with Gasteiger partial charge in [-0.15, -0.1) is 0 Å². The fraction of sp³-hybridized carbons (Fsp3) is 0.556. The van der Waals surface area contributed by atoms with Crippen molar-refractivity contribution in [3.63, 3.8) is 0 Å². The van der Waals surface area contributed by atoms with Crippen LogP contribution >= 0.6 is 0 Å². The Morgan fingerprint density at radius 3 is 2.58 bits per heavy atom. The number of aromatic nitrogens is 2. The molecular weight excluding hydrogens is 152 g/mol. The molecule has 0 unspecified atom stereocenters. The van der Waals surface area contributed by atoms with Gasteiger partial charge in [-0.25, -0.2) is 0 Å². The van der Waals surface area contributed by atoms with Gasteiger partial charge in [0.15, 0.2) is 0 Å². The van der Waals surface area contributed by atoms with E-state index < -0.39 is 0 Å². The number of ether oxygens (including phenoxy) is 1. The Hall–Kier alpha value is -0.960. The van der Waals surface area contributed by atoms with E-state index in [9.17, 15) is 0 Å². The molecule has 2 heterocycles. The third-order valence-electron chi connectivity index (χ3n) is 2.27. The predicted molar refractivity (Wildman–Crippen MR) is 45.1 cm³/mol. The molecule has 0 aliphatic carbocycles. The van der Waals surface area contributed by atoms with Crippen molar-refractivity contribution in [3.8, 4) is 0 Å². The quantitative estimate of drug-likeness (QED) is 0.625. The average Bonchev–Trinajstić information content (AvgIpc) is 1.93. The highest BCUT2D eigenvalue weighted by Crippen LogP contribution is 2.21. The molecule has 1 aliphatic heterocycles. The Morgan fingerprint density at radius 2 is 2.08 bits per heavy atom. The summed E-state index contributed by atoms with van der Waals surface area (Å²) in [6.07, 6.45) is 1.86. The minimum atomic E-state index is 0.483. The Kier molecular flexibility index (Phi) is 1.81. The van der Waals surface area contributed by atoms with Crippen molar-refractivity contribution in [2.24, 2.45) is 0 Å². The van der Waals surface area contributed by atoms with Gasteiger partial charge in [0.25, 0.3) is 0 Å². The number of rotatable bonds is 1. The van der Waals surface area contributed by atoms with Gasteiger partial charge >= 0.3 is 0 Å². The molecule has 1 fully saturated rings. The minimum absolute atomic E-state index is 0.483. The van der Waals surface area contributed by atoms with Gasteiger partial charge < -0.3 is 4.74 Å². The van der Waals surface area contributed by atoms with Gasteiger partial charge in [-0.2, -0.15) is 0 Å². The smallest absolute Gasteiger partial charge is 0.0667 e. The minimum Gasteiger partial charge on any atom is -0.380 e. The van der Waals surface area contributed by atoms with E-state index in [1.165, 1.54) is 0 Å². The van der Waals surface area contributed by atoms with Crippen LogP contribution in [0.2, 0.25) is 0 Å². The molecule has 0 aromatic carbocycles. The summed E-state index contributed by atoms with van der Waals surface area (Å²) in [4.78, 5) is 8.72. The second-order valence-electron chi connectivity index (χ2n) is 3.20. The Balaban J connectivity index is 2.27. The summed E-state index contributed by atoms with van der Waals surface area (Å²) >= 11 is 0. The molecule has 1 aromatic heterocycles. The summed E-state index contributed by atoms with van der Waals surface area (Å²) in [6, 6.07) is 0. The third-order valence-corrected chi connectivity index (χ3v) is 2.27. The van der Waals surface area contributed by atoms with E-state index in [-0.39, 0.29) is 0 Å². The van der Waals surface area contributed by atoms with E-state index in [4.69, 9.17) is 4.74 Å². The van der Waals surface area contributed by atoms with E-state index in [1.807, 2.05) is 20.0 Å². The van der Waals surface area contributed by atoms with Crippen LogP contribution in [0.1, 0.15) is 23.0 Å². The first-order valence-electron chi connectivity index (χ1n) is 4.15. The summed E-state index contributed by atoms with van der Waals surface area (Å²) in [5.74, 6) is 0.483. The van der Waals surface area contributed by atoms with E-state index in [0.717, 1.165) is 30.3 Å². The zero-order chi connectivity index (χ0) is 8.55. The van der Waals surface area contributed by atoms with Gasteiger partial charge in [-0.05, 0) is 13.8 Å². The summed E-state index contributed by atoms with van der Waals surface area (Å²) in [5, 5.41) is 0. The van der Waals surface area contributed by atoms with Crippen LogP contribution in [0, 0.1) is 13.8 Å². The standard InChI is InChI=1S/C9H12N2O/c1-6-7(2)11-9(3-10-6)8-4-12-5-8/h3,8H,4-5H2,1-2H3. The second kappa shape index (κ2) is 2.83. The number of hydrogen-bond acceptors (Lipinski definition) is 3. The highest BCUT2D eigenvalue weighted by molar-refractivity contribution is 5.14. The largest absolute Gasteiger partial charge is 0.380 e. The van der Waals surface area contributed by atoms with Gasteiger partial charge in [0.2, 0.25) is 0 Å². The van der Waals surface area contributed by atoms with Gasteiger partial charge in [0.05, 0.1) is 30.3 Å². The maximum absolute atomic E-state index is 5.09. The van der Waals surface area contributed by atoms with E-state index >= 15 is 0 Å². The SMILES string of the molecule is Cc1ncc(C2COC2)nc1C. The lowest BCUT2D eigenvalue weighted by Gasteiger charge is -2.25. The Bertz CT molecular complexity index is 295. The second-order valence-corrected chi connectivity index (χ2v) is 3.20. The van der Waals surface area contributed by atoms with Crippen molar-refractivity contribution in [2.45, 2.75) is 19.8 Å². The van der Waals surface area contributed by atoms with Crippen LogP contribution in [0.5, 0.6) is 0 Å². The van der Waals surface area contributed by atoms with Crippen LogP contribution in [-0.4, -0.2) is 23.2 Å². The highest BCUT2D eigenvalue weighted by Gasteiger charge is 2.22. The number of hydrogen-bond donors (Lipinski definition) is 0. The number of aryl methyl sites for hydroxylation is 2. The van der Waals surface area contributed by atoms with Crippen molar-refractivity contribution in [2.75, 3.05) is 13.2 Å². The van der Waals surface area contributed by atoms with Crippen LogP contribution < -0.4 is 0 Å². The molecule has 64 valence electrons. The van der Waals surface area contributed by atoms with Gasteiger partial charge in [0.1, 0.15) is 0 Å². The lowest BCUT2D eigenvalue weighted by atomic mass is 10.0. The molecule has 0 atom stereocenters. The lowest BCUT2D eigenvalue weighted by Crippen LogP contribution is -2.26. The summed E-state index contributed by atoms with van der Waals surface area (Å²) < 4.78 is 5.09. The van der Waals surface area contributed by atoms with Crippen molar-refractivity contribution in [1.29, 1.82) is 0 Å². The average molecular weight is 164 g/mol. The van der Waals surface area contributed by atoms with Crippen LogP contribution in [-0.2, 0) is 4.74 Å². The molecule has 0 saturated carbocycles. The third kappa shape index (κ3) is 1.20. The molecule has 1 aliphatic rings. The van der Waals surface area contributed by atoms with E-state index in [2.05, 4.69) is 9.97 Å². The maximum Gasteiger partial charge on any atom is 0.0667 e. The Morgan fingerprint density at radius 1 is 1.33 bits per heavy atom. The Labute approximate surface area is 71.8 Å². The molecule has 0 bridgehead atoms. The van der Waals surface area contributed by atoms with Gasteiger partial charge in [-0.1, -0.05) is 0 Å². The molecule has 1 saturated heterocycles. The van der Waals surface area contributed by atoms with Crippen LogP contribution in [0.4, 0.5) is 0 Å². The first-order valence-corrected chi connectivity index (χ1v) is 4.15. The van der Waals surface area contributed by atoms with Crippen molar-refractivity contribution < 1.29 is 4.74 Å². The molecule has 3 nitrogen and oxygen atoms in total. The zero-order valence-corrected chi connectivity index (χ0v) is 7.37. The monoisotopic (exact) mass is 164 g/mol. The molecule has 0 spiro atoms. The highest BCUT2D eigenvalue weighted by atomic mass is 16.5. The fourth-order valence-electron chi connectivity index (χ4n) is 1.16. The van der Waals surface area contributed by atoms with Crippen molar-refractivity contribution in [1.82, 2.24) is 9.97 Å². The molecule has 12 heavy (non-hydrogen) atoms.